The third-order valence-electron chi connectivity index (χ3n) is 3.24. The fourth-order valence-corrected chi connectivity index (χ4v) is 2.13. The molecular formula is C12H22N2O4. The van der Waals surface area contributed by atoms with Crippen molar-refractivity contribution in [2.24, 2.45) is 5.92 Å². The van der Waals surface area contributed by atoms with Crippen LogP contribution in [0.1, 0.15) is 32.6 Å². The van der Waals surface area contributed by atoms with Gasteiger partial charge in [0.1, 0.15) is 0 Å². The molecule has 6 heteroatoms. The molecule has 0 radical (unpaired) electrons. The molecule has 0 bridgehead atoms. The summed E-state index contributed by atoms with van der Waals surface area (Å²) in [5.41, 5.74) is -0.541. The molecule has 1 unspecified atom stereocenters. The summed E-state index contributed by atoms with van der Waals surface area (Å²) in [6, 6.07) is -0.293. The van der Waals surface area contributed by atoms with Crippen LogP contribution in [0.5, 0.6) is 0 Å². The number of amides is 2. The molecule has 0 aliphatic heterocycles. The first-order valence-corrected chi connectivity index (χ1v) is 6.24. The van der Waals surface area contributed by atoms with Gasteiger partial charge in [-0.2, -0.15) is 0 Å². The molecule has 18 heavy (non-hydrogen) atoms. The molecule has 0 aromatic carbocycles. The number of rotatable bonds is 7. The molecule has 104 valence electrons. The Balaban J connectivity index is 2.32. The minimum Gasteiger partial charge on any atom is -0.481 e. The topological polar surface area (TPSA) is 87.7 Å². The van der Waals surface area contributed by atoms with Gasteiger partial charge < -0.3 is 20.5 Å². The van der Waals surface area contributed by atoms with E-state index in [9.17, 15) is 9.59 Å². The van der Waals surface area contributed by atoms with Gasteiger partial charge in [0.2, 0.25) is 0 Å². The average Bonchev–Trinajstić information content (AvgIpc) is 2.23. The van der Waals surface area contributed by atoms with Gasteiger partial charge in [0.15, 0.2) is 0 Å². The number of aliphatic carboxylic acids is 1. The lowest BCUT2D eigenvalue weighted by Gasteiger charge is -2.41. The van der Waals surface area contributed by atoms with Crippen LogP contribution in [0.3, 0.4) is 0 Å². The van der Waals surface area contributed by atoms with Crippen LogP contribution in [0.4, 0.5) is 4.79 Å². The molecule has 3 N–H and O–H groups in total. The smallest absolute Gasteiger partial charge is 0.315 e. The summed E-state index contributed by atoms with van der Waals surface area (Å²) in [5, 5.41) is 14.4. The van der Waals surface area contributed by atoms with Gasteiger partial charge in [0.25, 0.3) is 0 Å². The van der Waals surface area contributed by atoms with E-state index in [0.717, 1.165) is 19.3 Å². The molecule has 0 saturated heterocycles. The second-order valence-corrected chi connectivity index (χ2v) is 5.10. The Bertz CT molecular complexity index is 302. The number of carbonyl (C=O) groups excluding carboxylic acids is 1. The van der Waals surface area contributed by atoms with Crippen LogP contribution in [0, 0.1) is 5.92 Å². The first-order chi connectivity index (χ1) is 8.47. The van der Waals surface area contributed by atoms with Crippen LogP contribution in [-0.4, -0.2) is 42.9 Å². The summed E-state index contributed by atoms with van der Waals surface area (Å²) >= 11 is 0. The molecule has 0 aromatic rings. The van der Waals surface area contributed by atoms with Crippen molar-refractivity contribution in [3.8, 4) is 0 Å². The molecule has 1 fully saturated rings. The molecule has 1 rings (SSSR count). The fourth-order valence-electron chi connectivity index (χ4n) is 2.13. The van der Waals surface area contributed by atoms with Crippen LogP contribution in [-0.2, 0) is 9.53 Å². The van der Waals surface area contributed by atoms with Crippen LogP contribution in [0.25, 0.3) is 0 Å². The Morgan fingerprint density at radius 2 is 2.11 bits per heavy atom. The maximum Gasteiger partial charge on any atom is 0.315 e. The summed E-state index contributed by atoms with van der Waals surface area (Å²) < 4.78 is 4.97. The van der Waals surface area contributed by atoms with E-state index in [0.29, 0.717) is 13.2 Å². The summed E-state index contributed by atoms with van der Waals surface area (Å²) in [7, 11) is 1.62. The van der Waals surface area contributed by atoms with E-state index in [4.69, 9.17) is 9.84 Å². The van der Waals surface area contributed by atoms with Crippen molar-refractivity contribution in [3.63, 3.8) is 0 Å². The Hall–Kier alpha value is -1.30. The average molecular weight is 258 g/mol. The first-order valence-electron chi connectivity index (χ1n) is 6.24. The molecule has 6 nitrogen and oxygen atoms in total. The van der Waals surface area contributed by atoms with E-state index in [1.54, 1.807) is 7.11 Å². The maximum absolute atomic E-state index is 11.7. The Morgan fingerprint density at radius 1 is 1.44 bits per heavy atom. The quantitative estimate of drug-likeness (QED) is 0.635. The number of carbonyl (C=O) groups is 2. The largest absolute Gasteiger partial charge is 0.481 e. The highest BCUT2D eigenvalue weighted by atomic mass is 16.5. The lowest BCUT2D eigenvalue weighted by molar-refractivity contribution is -0.139. The lowest BCUT2D eigenvalue weighted by Crippen LogP contribution is -2.57. The summed E-state index contributed by atoms with van der Waals surface area (Å²) in [6.07, 6.45) is 2.43. The van der Waals surface area contributed by atoms with E-state index in [1.165, 1.54) is 0 Å². The van der Waals surface area contributed by atoms with Crippen molar-refractivity contribution in [3.05, 3.63) is 0 Å². The van der Waals surface area contributed by atoms with Crippen molar-refractivity contribution >= 4 is 12.0 Å². The number of urea groups is 1. The number of hydrogen-bond donors (Lipinski definition) is 3. The molecule has 2 amide bonds. The summed E-state index contributed by atoms with van der Waals surface area (Å²) in [6.45, 7) is 3.07. The highest BCUT2D eigenvalue weighted by Crippen LogP contribution is 2.34. The second kappa shape index (κ2) is 6.58. The van der Waals surface area contributed by atoms with Crippen LogP contribution >= 0.6 is 0 Å². The van der Waals surface area contributed by atoms with Gasteiger partial charge in [-0.05, 0) is 25.2 Å². The van der Waals surface area contributed by atoms with Crippen LogP contribution in [0.2, 0.25) is 0 Å². The van der Waals surface area contributed by atoms with Crippen LogP contribution in [0.15, 0.2) is 0 Å². The van der Waals surface area contributed by atoms with Gasteiger partial charge >= 0.3 is 12.0 Å². The summed E-state index contributed by atoms with van der Waals surface area (Å²) in [4.78, 5) is 22.4. The molecular weight excluding hydrogens is 236 g/mol. The normalized spacial score (nSPS) is 18.6. The second-order valence-electron chi connectivity index (χ2n) is 5.10. The first kappa shape index (κ1) is 14.8. The maximum atomic E-state index is 11.7. The van der Waals surface area contributed by atoms with Crippen molar-refractivity contribution in [2.75, 3.05) is 20.3 Å². The minimum absolute atomic E-state index is 0.00591. The van der Waals surface area contributed by atoms with Gasteiger partial charge in [-0.1, -0.05) is 6.92 Å². The van der Waals surface area contributed by atoms with Gasteiger partial charge in [-0.25, -0.2) is 4.79 Å². The van der Waals surface area contributed by atoms with E-state index in [1.807, 2.05) is 6.92 Å². The highest BCUT2D eigenvalue weighted by molar-refractivity contribution is 5.77. The highest BCUT2D eigenvalue weighted by Gasteiger charge is 2.40. The van der Waals surface area contributed by atoms with E-state index in [-0.39, 0.29) is 18.4 Å². The van der Waals surface area contributed by atoms with Gasteiger partial charge in [-0.15, -0.1) is 0 Å². The molecule has 0 spiro atoms. The number of carboxylic acid groups (broad SMARTS) is 1. The van der Waals surface area contributed by atoms with Crippen molar-refractivity contribution < 1.29 is 19.4 Å². The van der Waals surface area contributed by atoms with Gasteiger partial charge in [0, 0.05) is 13.7 Å². The van der Waals surface area contributed by atoms with Gasteiger partial charge in [0.05, 0.1) is 18.6 Å². The van der Waals surface area contributed by atoms with E-state index >= 15 is 0 Å². The Kier molecular flexibility index (Phi) is 5.40. The lowest BCUT2D eigenvalue weighted by atomic mass is 9.74. The summed E-state index contributed by atoms with van der Waals surface area (Å²) in [5.74, 6) is -0.639. The Morgan fingerprint density at radius 3 is 2.56 bits per heavy atom. The third-order valence-corrected chi connectivity index (χ3v) is 3.24. The standard InChI is InChI=1S/C12H22N2O4/c1-9(8-18-2)7-13-11(17)14-12(4-3-5-12)6-10(15)16/h9H,3-8H2,1-2H3,(H,15,16)(H2,13,14,17). The molecule has 1 atom stereocenters. The third kappa shape index (κ3) is 4.52. The Labute approximate surface area is 107 Å². The zero-order valence-electron chi connectivity index (χ0n) is 11.0. The predicted octanol–water partition coefficient (Wildman–Crippen LogP) is 0.965. The number of methoxy groups -OCH3 is 1. The van der Waals surface area contributed by atoms with E-state index in [2.05, 4.69) is 10.6 Å². The number of ether oxygens (including phenoxy) is 1. The molecule has 1 aliphatic carbocycles. The fraction of sp³-hybridized carbons (Fsp3) is 0.833. The number of hydrogen-bond acceptors (Lipinski definition) is 3. The molecule has 1 aliphatic rings. The monoisotopic (exact) mass is 258 g/mol. The number of nitrogens with one attached hydrogen (secondary N) is 2. The van der Waals surface area contributed by atoms with Crippen molar-refractivity contribution in [1.82, 2.24) is 10.6 Å². The zero-order valence-corrected chi connectivity index (χ0v) is 11.0. The van der Waals surface area contributed by atoms with Crippen molar-refractivity contribution in [2.45, 2.75) is 38.1 Å². The zero-order chi connectivity index (χ0) is 13.6. The molecule has 1 saturated carbocycles. The van der Waals surface area contributed by atoms with E-state index < -0.39 is 11.5 Å². The van der Waals surface area contributed by atoms with Gasteiger partial charge in [-0.3, -0.25) is 4.79 Å². The SMILES string of the molecule is COCC(C)CNC(=O)NC1(CC(=O)O)CCC1. The van der Waals surface area contributed by atoms with Crippen molar-refractivity contribution in [1.29, 1.82) is 0 Å². The van der Waals surface area contributed by atoms with Crippen LogP contribution < -0.4 is 10.6 Å². The predicted molar refractivity (Wildman–Crippen MR) is 66.4 cm³/mol. The minimum atomic E-state index is -0.872. The molecule has 0 heterocycles. The number of carboxylic acids is 1. The molecule has 0 aromatic heterocycles.